The molecule has 0 rings (SSSR count). The molecule has 1 N–H and O–H groups in total. The van der Waals surface area contributed by atoms with Gasteiger partial charge in [0.05, 0.1) is 18.9 Å². The van der Waals surface area contributed by atoms with Gasteiger partial charge in [-0.1, -0.05) is 104 Å². The van der Waals surface area contributed by atoms with Gasteiger partial charge in [-0.25, -0.2) is 4.79 Å². The third kappa shape index (κ3) is 23.3. The summed E-state index contributed by atoms with van der Waals surface area (Å²) < 4.78 is 9.83. The molecule has 0 aromatic heterocycles. The molecule has 0 radical (unpaired) electrons. The van der Waals surface area contributed by atoms with E-state index in [4.69, 9.17) is 9.47 Å². The molecular weight excluding hydrogens is 416 g/mol. The van der Waals surface area contributed by atoms with Gasteiger partial charge in [-0.2, -0.15) is 0 Å². The molecule has 0 heterocycles. The first-order valence-electron chi connectivity index (χ1n) is 13.5. The van der Waals surface area contributed by atoms with E-state index in [1.54, 1.807) is 6.08 Å². The van der Waals surface area contributed by atoms with Crippen molar-refractivity contribution >= 4 is 11.9 Å². The topological polar surface area (TPSA) is 72.8 Å². The lowest BCUT2D eigenvalue weighted by Gasteiger charge is -2.06. The van der Waals surface area contributed by atoms with Crippen LogP contribution in [0.3, 0.4) is 0 Å². The second-order valence-electron chi connectivity index (χ2n) is 8.92. The molecule has 0 spiro atoms. The molecule has 0 aliphatic carbocycles. The largest absolute Gasteiger partial charge is 0.435 e. The van der Waals surface area contributed by atoms with Crippen LogP contribution < -0.4 is 0 Å². The van der Waals surface area contributed by atoms with E-state index < -0.39 is 24.5 Å². The number of aliphatic hydroxyl groups excluding tert-OH is 1. The highest BCUT2D eigenvalue weighted by Crippen LogP contribution is 2.11. The van der Waals surface area contributed by atoms with E-state index in [0.29, 0.717) is 0 Å². The minimum absolute atomic E-state index is 0.410. The van der Waals surface area contributed by atoms with Crippen LogP contribution in [0.1, 0.15) is 136 Å². The van der Waals surface area contributed by atoms with Gasteiger partial charge in [0, 0.05) is 0 Å². The normalized spacial score (nSPS) is 12.5. The summed E-state index contributed by atoms with van der Waals surface area (Å²) in [6.07, 6.45) is 26.1. The zero-order valence-corrected chi connectivity index (χ0v) is 21.4. The maximum absolute atomic E-state index is 11.7. The van der Waals surface area contributed by atoms with Gasteiger partial charge in [0.1, 0.15) is 0 Å². The Labute approximate surface area is 203 Å². The van der Waals surface area contributed by atoms with Crippen LogP contribution in [0.4, 0.5) is 0 Å². The lowest BCUT2D eigenvalue weighted by molar-refractivity contribution is -0.153. The van der Waals surface area contributed by atoms with Crippen LogP contribution in [-0.4, -0.2) is 23.1 Å². The van der Waals surface area contributed by atoms with Gasteiger partial charge in [-0.15, -0.1) is 0 Å². The minimum Gasteiger partial charge on any atom is -0.435 e. The van der Waals surface area contributed by atoms with Crippen LogP contribution in [-0.2, 0) is 19.1 Å². The Morgan fingerprint density at radius 3 is 1.48 bits per heavy atom. The van der Waals surface area contributed by atoms with Gasteiger partial charge in [0.2, 0.25) is 0 Å². The van der Waals surface area contributed by atoms with Crippen molar-refractivity contribution in [3.63, 3.8) is 0 Å². The first-order valence-corrected chi connectivity index (χ1v) is 13.5. The smallest absolute Gasteiger partial charge is 0.340 e. The van der Waals surface area contributed by atoms with Crippen molar-refractivity contribution in [2.45, 2.75) is 142 Å². The van der Waals surface area contributed by atoms with Crippen molar-refractivity contribution in [1.82, 2.24) is 0 Å². The van der Waals surface area contributed by atoms with Crippen LogP contribution in [0.25, 0.3) is 0 Å². The van der Waals surface area contributed by atoms with E-state index in [1.165, 1.54) is 102 Å². The lowest BCUT2D eigenvalue weighted by atomic mass is 10.1. The Hall–Kier alpha value is -1.62. The fourth-order valence-corrected chi connectivity index (χ4v) is 3.54. The number of ether oxygens (including phenoxy) is 2. The van der Waals surface area contributed by atoms with Crippen molar-refractivity contribution < 1.29 is 24.2 Å². The number of hydrogen-bond acceptors (Lipinski definition) is 5. The third-order valence-corrected chi connectivity index (χ3v) is 5.66. The highest BCUT2D eigenvalue weighted by molar-refractivity contribution is 5.82. The Morgan fingerprint density at radius 1 is 0.636 bits per heavy atom. The van der Waals surface area contributed by atoms with Crippen LogP contribution in [0.2, 0.25) is 0 Å². The maximum Gasteiger partial charge on any atom is 0.340 e. The van der Waals surface area contributed by atoms with Crippen molar-refractivity contribution in [1.29, 1.82) is 0 Å². The van der Waals surface area contributed by atoms with E-state index in [1.807, 2.05) is 6.08 Å². The molecule has 5 heteroatoms. The summed E-state index contributed by atoms with van der Waals surface area (Å²) in [6.45, 7) is 4.45. The predicted molar refractivity (Wildman–Crippen MR) is 136 cm³/mol. The molecule has 0 aliphatic heterocycles. The summed E-state index contributed by atoms with van der Waals surface area (Å²) in [5.41, 5.74) is 0. The van der Waals surface area contributed by atoms with E-state index in [-0.39, 0.29) is 0 Å². The first kappa shape index (κ1) is 31.4. The molecule has 0 bridgehead atoms. The summed E-state index contributed by atoms with van der Waals surface area (Å²) in [7, 11) is 0. The molecule has 5 nitrogen and oxygen atoms in total. The van der Waals surface area contributed by atoms with Crippen molar-refractivity contribution in [2.75, 3.05) is 0 Å². The Kier molecular flexibility index (Phi) is 23.8. The van der Waals surface area contributed by atoms with E-state index in [0.717, 1.165) is 25.7 Å². The number of carbonyl (C=O) groups is 2. The van der Waals surface area contributed by atoms with Crippen molar-refractivity contribution in [3.05, 3.63) is 24.7 Å². The summed E-state index contributed by atoms with van der Waals surface area (Å²) >= 11 is 0. The molecule has 0 aliphatic rings. The molecule has 33 heavy (non-hydrogen) atoms. The third-order valence-electron chi connectivity index (χ3n) is 5.66. The average Bonchev–Trinajstić information content (AvgIpc) is 2.80. The zero-order chi connectivity index (χ0) is 24.4. The van der Waals surface area contributed by atoms with Crippen molar-refractivity contribution in [3.8, 4) is 0 Å². The zero-order valence-electron chi connectivity index (χ0n) is 21.4. The second-order valence-corrected chi connectivity index (χ2v) is 8.92. The first-order chi connectivity index (χ1) is 16.1. The Morgan fingerprint density at radius 2 is 1.03 bits per heavy atom. The molecule has 1 unspecified atom stereocenters. The molecule has 0 saturated carbocycles. The number of rotatable bonds is 23. The molecule has 0 aromatic rings. The summed E-state index contributed by atoms with van der Waals surface area (Å²) in [6, 6.07) is 0. The van der Waals surface area contributed by atoms with Crippen LogP contribution in [0, 0.1) is 0 Å². The van der Waals surface area contributed by atoms with Crippen LogP contribution in [0.5, 0.6) is 0 Å². The van der Waals surface area contributed by atoms with Gasteiger partial charge < -0.3 is 14.6 Å². The number of unbranched alkanes of at least 4 members (excludes halogenated alkanes) is 16. The number of allylic oxidation sites excluding steroid dienone is 2. The highest BCUT2D eigenvalue weighted by Gasteiger charge is 2.20. The molecule has 192 valence electrons. The quantitative estimate of drug-likeness (QED) is 0.0940. The Bertz CT molecular complexity index is 512. The van der Waals surface area contributed by atoms with Gasteiger partial charge in [0.15, 0.2) is 6.10 Å². The number of esters is 2. The maximum atomic E-state index is 11.7. The monoisotopic (exact) mass is 466 g/mol. The molecule has 1 atom stereocenters. The summed E-state index contributed by atoms with van der Waals surface area (Å²) in [4.78, 5) is 23.5. The number of hydrogen-bond donors (Lipinski definition) is 1. The van der Waals surface area contributed by atoms with Crippen LogP contribution >= 0.6 is 0 Å². The van der Waals surface area contributed by atoms with E-state index in [2.05, 4.69) is 13.8 Å². The van der Waals surface area contributed by atoms with E-state index >= 15 is 0 Å². The fourth-order valence-electron chi connectivity index (χ4n) is 3.54. The SMILES string of the molecule is CCCCCCCCCC/C=C/OC(=O)CC(O)C(=O)O/C=C/CCCCCCCCCC. The predicted octanol–water partition coefficient (Wildman–Crippen LogP) is 7.91. The lowest BCUT2D eigenvalue weighted by Crippen LogP contribution is -2.25. The van der Waals surface area contributed by atoms with Gasteiger partial charge >= 0.3 is 11.9 Å². The molecule has 0 saturated heterocycles. The summed E-state index contributed by atoms with van der Waals surface area (Å²) in [5.74, 6) is -1.48. The molecule has 0 amide bonds. The summed E-state index contributed by atoms with van der Waals surface area (Å²) in [5, 5.41) is 9.79. The average molecular weight is 467 g/mol. The fraction of sp³-hybridized carbons (Fsp3) is 0.786. The van der Waals surface area contributed by atoms with Gasteiger partial charge in [-0.3, -0.25) is 4.79 Å². The van der Waals surface area contributed by atoms with Gasteiger partial charge in [-0.05, 0) is 37.8 Å². The number of aliphatic hydroxyl groups is 1. The Balaban J connectivity index is 3.64. The standard InChI is InChI=1S/C28H50O5/c1-3-5-7-9-11-13-15-17-19-21-23-32-27(30)25-26(29)28(31)33-24-22-20-18-16-14-12-10-8-6-4-2/h21-24,26,29H,3-20,25H2,1-2H3/b23-21+,24-22+. The molecular formula is C28H50O5. The highest BCUT2D eigenvalue weighted by atomic mass is 16.5. The van der Waals surface area contributed by atoms with Gasteiger partial charge in [0.25, 0.3) is 0 Å². The van der Waals surface area contributed by atoms with Crippen LogP contribution in [0.15, 0.2) is 24.7 Å². The molecule has 0 aromatic carbocycles. The van der Waals surface area contributed by atoms with E-state index in [9.17, 15) is 14.7 Å². The molecule has 0 fully saturated rings. The number of carbonyl (C=O) groups excluding carboxylic acids is 2. The van der Waals surface area contributed by atoms with Crippen molar-refractivity contribution in [2.24, 2.45) is 0 Å². The second kappa shape index (κ2) is 25.0. The minimum atomic E-state index is -1.51.